The number of hydrogen-bond acceptors (Lipinski definition) is 7. The molecule has 10 nitrogen and oxygen atoms in total. The van der Waals surface area contributed by atoms with Crippen molar-refractivity contribution >= 4 is 23.4 Å². The number of methoxy groups -OCH3 is 1. The molecule has 0 aromatic heterocycles. The number of carbonyl (C=O) groups excluding carboxylic acids is 2. The van der Waals surface area contributed by atoms with Crippen molar-refractivity contribution in [3.8, 4) is 0 Å². The molecule has 2 heterocycles. The van der Waals surface area contributed by atoms with E-state index in [2.05, 4.69) is 4.74 Å². The number of alkyl halides is 6. The lowest BCUT2D eigenvalue weighted by Gasteiger charge is -2.34. The summed E-state index contributed by atoms with van der Waals surface area (Å²) in [5, 5.41) is 10.9. The van der Waals surface area contributed by atoms with Crippen molar-refractivity contribution in [1.82, 2.24) is 9.80 Å². The molecule has 2 aliphatic heterocycles. The highest BCUT2D eigenvalue weighted by molar-refractivity contribution is 5.83. The summed E-state index contributed by atoms with van der Waals surface area (Å²) in [4.78, 5) is 36.8. The lowest BCUT2D eigenvalue weighted by molar-refractivity contribution is -0.388. The number of ether oxygens (including phenoxy) is 2. The van der Waals surface area contributed by atoms with Gasteiger partial charge in [0.25, 0.3) is 11.6 Å². The summed E-state index contributed by atoms with van der Waals surface area (Å²) >= 11 is 0. The molecule has 1 aromatic rings. The summed E-state index contributed by atoms with van der Waals surface area (Å²) in [6.45, 7) is -0.639. The zero-order valence-electron chi connectivity index (χ0n) is 17.4. The molecule has 34 heavy (non-hydrogen) atoms. The predicted molar refractivity (Wildman–Crippen MR) is 101 cm³/mol. The van der Waals surface area contributed by atoms with E-state index in [0.29, 0.717) is 11.0 Å². The number of nitrogens with zero attached hydrogens (tertiary/aromatic N) is 4. The van der Waals surface area contributed by atoms with Crippen LogP contribution in [-0.4, -0.2) is 85.1 Å². The average molecular weight is 500 g/mol. The van der Waals surface area contributed by atoms with Crippen molar-refractivity contribution < 1.29 is 50.3 Å². The monoisotopic (exact) mass is 500 g/mol. The van der Waals surface area contributed by atoms with Gasteiger partial charge in [0, 0.05) is 37.9 Å². The molecule has 0 radical (unpaired) electrons. The van der Waals surface area contributed by atoms with E-state index in [9.17, 15) is 46.0 Å². The van der Waals surface area contributed by atoms with Gasteiger partial charge in [0.2, 0.25) is 6.23 Å². The summed E-state index contributed by atoms with van der Waals surface area (Å²) in [6.07, 6.45) is -15.3. The summed E-state index contributed by atoms with van der Waals surface area (Å²) in [5.74, 6) is -0.834. The number of benzene rings is 1. The molecule has 2 saturated heterocycles. The van der Waals surface area contributed by atoms with E-state index in [1.54, 1.807) is 0 Å². The number of amides is 2. The van der Waals surface area contributed by atoms with Crippen LogP contribution in [0.2, 0.25) is 0 Å². The van der Waals surface area contributed by atoms with Gasteiger partial charge in [-0.2, -0.15) is 26.3 Å². The Labute approximate surface area is 187 Å². The molecule has 3 rings (SSSR count). The molecule has 0 N–H and O–H groups in total. The van der Waals surface area contributed by atoms with Crippen molar-refractivity contribution in [2.45, 2.75) is 24.7 Å². The molecule has 2 aliphatic rings. The Morgan fingerprint density at radius 3 is 2.18 bits per heavy atom. The number of nitro groups is 1. The summed E-state index contributed by atoms with van der Waals surface area (Å²) in [5.41, 5.74) is -3.70. The van der Waals surface area contributed by atoms with Gasteiger partial charge < -0.3 is 24.2 Å². The van der Waals surface area contributed by atoms with E-state index in [1.807, 2.05) is 0 Å². The smallest absolute Gasteiger partial charge is 0.433 e. The Hall–Kier alpha value is -3.30. The average Bonchev–Trinajstić information content (AvgIpc) is 3.23. The normalized spacial score (nSPS) is 21.6. The molecule has 2 atom stereocenters. The topological polar surface area (TPSA) is 105 Å². The zero-order valence-corrected chi connectivity index (χ0v) is 17.4. The second kappa shape index (κ2) is 9.15. The van der Waals surface area contributed by atoms with E-state index in [4.69, 9.17) is 4.74 Å². The largest absolute Gasteiger partial charge is 0.453 e. The fourth-order valence-corrected chi connectivity index (χ4v) is 3.71. The minimum Gasteiger partial charge on any atom is -0.453 e. The summed E-state index contributed by atoms with van der Waals surface area (Å²) in [6, 6.07) is 1.41. The maximum Gasteiger partial charge on any atom is 0.433 e. The fourth-order valence-electron chi connectivity index (χ4n) is 3.71. The van der Waals surface area contributed by atoms with Gasteiger partial charge in [0.05, 0.1) is 18.6 Å². The van der Waals surface area contributed by atoms with Crippen LogP contribution in [0.15, 0.2) is 18.2 Å². The molecule has 0 aliphatic carbocycles. The minimum absolute atomic E-state index is 0.0137. The van der Waals surface area contributed by atoms with Crippen LogP contribution < -0.4 is 4.90 Å². The van der Waals surface area contributed by atoms with Crippen LogP contribution in [-0.2, 0) is 20.4 Å². The van der Waals surface area contributed by atoms with Gasteiger partial charge >= 0.3 is 18.4 Å². The molecule has 2 fully saturated rings. The highest BCUT2D eigenvalue weighted by Gasteiger charge is 2.53. The van der Waals surface area contributed by atoms with E-state index in [0.717, 1.165) is 6.07 Å². The van der Waals surface area contributed by atoms with Gasteiger partial charge in [0.1, 0.15) is 5.56 Å². The first kappa shape index (κ1) is 25.3. The van der Waals surface area contributed by atoms with Gasteiger partial charge in [-0.1, -0.05) is 0 Å². The first-order chi connectivity index (χ1) is 15.7. The van der Waals surface area contributed by atoms with Crippen LogP contribution in [0.1, 0.15) is 5.56 Å². The Morgan fingerprint density at radius 2 is 1.68 bits per heavy atom. The Kier molecular flexibility index (Phi) is 6.82. The second-order valence-corrected chi connectivity index (χ2v) is 7.41. The van der Waals surface area contributed by atoms with Gasteiger partial charge in [-0.05, 0) is 12.1 Å². The molecular formula is C18H18F6N4O6. The van der Waals surface area contributed by atoms with Crippen LogP contribution in [0.5, 0.6) is 0 Å². The molecule has 2 amide bonds. The molecule has 16 heteroatoms. The van der Waals surface area contributed by atoms with E-state index in [-0.39, 0.29) is 32.2 Å². The van der Waals surface area contributed by atoms with Crippen LogP contribution in [0.3, 0.4) is 0 Å². The first-order valence-electron chi connectivity index (χ1n) is 9.70. The number of nitro benzene ring substituents is 1. The third kappa shape index (κ3) is 5.10. The number of anilines is 1. The first-order valence-corrected chi connectivity index (χ1v) is 9.70. The summed E-state index contributed by atoms with van der Waals surface area (Å²) in [7, 11) is 1.17. The quantitative estimate of drug-likeness (QED) is 0.357. The standard InChI is InChI=1S/C18H18F6N4O6/c1-33-16(30)26-6-4-25(5-7-26)14(29)13-9-27(15(34-13)18(22,23)24)10-2-3-12(28(31)32)11(8-10)17(19,20)21/h2-3,8,13,15H,4-7,9H2,1H3/t13-,15+/m0/s1. The molecule has 1 aromatic carbocycles. The molecule has 0 unspecified atom stereocenters. The molecular weight excluding hydrogens is 482 g/mol. The van der Waals surface area contributed by atoms with Crippen molar-refractivity contribution in [1.29, 1.82) is 0 Å². The van der Waals surface area contributed by atoms with Crippen LogP contribution >= 0.6 is 0 Å². The number of carbonyl (C=O) groups is 2. The highest BCUT2D eigenvalue weighted by atomic mass is 19.4. The van der Waals surface area contributed by atoms with Crippen LogP contribution in [0.25, 0.3) is 0 Å². The Morgan fingerprint density at radius 1 is 1.09 bits per heavy atom. The van der Waals surface area contributed by atoms with Crippen LogP contribution in [0, 0.1) is 10.1 Å². The fraction of sp³-hybridized carbons (Fsp3) is 0.556. The highest BCUT2D eigenvalue weighted by Crippen LogP contribution is 2.41. The SMILES string of the molecule is COC(=O)N1CCN(C(=O)[C@@H]2CN(c3ccc([N+](=O)[O-])c(C(F)(F)F)c3)[C@@H](C(F)(F)F)O2)CC1. The molecule has 0 bridgehead atoms. The van der Waals surface area contributed by atoms with Crippen molar-refractivity contribution in [3.05, 3.63) is 33.9 Å². The minimum atomic E-state index is -5.21. The Balaban J connectivity index is 1.84. The van der Waals surface area contributed by atoms with Crippen molar-refractivity contribution in [3.63, 3.8) is 0 Å². The number of rotatable bonds is 3. The summed E-state index contributed by atoms with van der Waals surface area (Å²) < 4.78 is 90.2. The maximum atomic E-state index is 13.6. The van der Waals surface area contributed by atoms with Crippen LogP contribution in [0.4, 0.5) is 42.5 Å². The third-order valence-corrected chi connectivity index (χ3v) is 5.33. The molecule has 0 saturated carbocycles. The zero-order chi connectivity index (χ0) is 25.4. The number of halogens is 6. The maximum absolute atomic E-state index is 13.6. The Bertz CT molecular complexity index is 963. The van der Waals surface area contributed by atoms with Crippen molar-refractivity contribution in [2.24, 2.45) is 0 Å². The van der Waals surface area contributed by atoms with Gasteiger partial charge in [-0.3, -0.25) is 14.9 Å². The third-order valence-electron chi connectivity index (χ3n) is 5.33. The second-order valence-electron chi connectivity index (χ2n) is 7.41. The predicted octanol–water partition coefficient (Wildman–Crippen LogP) is 2.62. The van der Waals surface area contributed by atoms with E-state index >= 15 is 0 Å². The molecule has 0 spiro atoms. The van der Waals surface area contributed by atoms with Gasteiger partial charge in [-0.15, -0.1) is 0 Å². The van der Waals surface area contributed by atoms with Gasteiger partial charge in [-0.25, -0.2) is 4.79 Å². The molecule has 188 valence electrons. The number of piperazine rings is 1. The number of hydrogen-bond donors (Lipinski definition) is 0. The lowest BCUT2D eigenvalue weighted by Crippen LogP contribution is -2.53. The van der Waals surface area contributed by atoms with E-state index < -0.39 is 65.1 Å². The van der Waals surface area contributed by atoms with E-state index in [1.165, 1.54) is 16.9 Å². The lowest BCUT2D eigenvalue weighted by atomic mass is 10.1. The van der Waals surface area contributed by atoms with Gasteiger partial charge in [0.15, 0.2) is 6.10 Å². The van der Waals surface area contributed by atoms with Crippen molar-refractivity contribution in [2.75, 3.05) is 44.7 Å².